The number of carbonyl (C=O) groups excluding carboxylic acids is 1. The molecule has 0 radical (unpaired) electrons. The van der Waals surface area contributed by atoms with Gasteiger partial charge in [-0.1, -0.05) is 12.1 Å². The second kappa shape index (κ2) is 4.97. The number of benzene rings is 1. The summed E-state index contributed by atoms with van der Waals surface area (Å²) in [6.45, 7) is 1.57. The third kappa shape index (κ3) is 2.20. The van der Waals surface area contributed by atoms with Gasteiger partial charge in [0, 0.05) is 5.75 Å². The molecule has 1 heterocycles. The predicted octanol–water partition coefficient (Wildman–Crippen LogP) is 1.73. The van der Waals surface area contributed by atoms with Gasteiger partial charge in [0.05, 0.1) is 11.4 Å². The van der Waals surface area contributed by atoms with E-state index >= 15 is 0 Å². The molecule has 1 saturated heterocycles. The van der Waals surface area contributed by atoms with Crippen LogP contribution in [0.2, 0.25) is 0 Å². The molecule has 18 heavy (non-hydrogen) atoms. The van der Waals surface area contributed by atoms with E-state index in [1.165, 1.54) is 22.7 Å². The largest absolute Gasteiger partial charge is 0.480 e. The highest BCUT2D eigenvalue weighted by atomic mass is 32.2. The van der Waals surface area contributed by atoms with Gasteiger partial charge >= 0.3 is 5.97 Å². The Labute approximate surface area is 108 Å². The standard InChI is InChI=1S/C12H12FNO3S/c1-7-3-2-4-8(10(7)13)11(15)14-6-18-5-9(14)12(16)17/h2-4,9H,5-6H2,1H3,(H,16,17)/t9-/m0/s1. The summed E-state index contributed by atoms with van der Waals surface area (Å²) in [5.74, 6) is -1.57. The minimum absolute atomic E-state index is 0.0660. The molecule has 1 aliphatic heterocycles. The lowest BCUT2D eigenvalue weighted by Gasteiger charge is -2.20. The molecule has 0 unspecified atom stereocenters. The van der Waals surface area contributed by atoms with Crippen LogP contribution in [0.1, 0.15) is 15.9 Å². The molecule has 1 atom stereocenters. The fourth-order valence-corrected chi connectivity index (χ4v) is 2.96. The quantitative estimate of drug-likeness (QED) is 0.888. The minimum atomic E-state index is -1.05. The fraction of sp³-hybridized carbons (Fsp3) is 0.333. The number of halogens is 1. The lowest BCUT2D eigenvalue weighted by atomic mass is 10.1. The summed E-state index contributed by atoms with van der Waals surface area (Å²) in [5.41, 5.74) is 0.309. The van der Waals surface area contributed by atoms with Crippen LogP contribution in [-0.2, 0) is 4.79 Å². The van der Waals surface area contributed by atoms with Crippen molar-refractivity contribution in [2.45, 2.75) is 13.0 Å². The highest BCUT2D eigenvalue weighted by Crippen LogP contribution is 2.24. The Morgan fingerprint density at radius 1 is 1.50 bits per heavy atom. The normalized spacial score (nSPS) is 19.0. The van der Waals surface area contributed by atoms with Gasteiger partial charge in [0.1, 0.15) is 11.9 Å². The number of hydrogen-bond acceptors (Lipinski definition) is 3. The Hall–Kier alpha value is -1.56. The van der Waals surface area contributed by atoms with Crippen molar-refractivity contribution in [3.63, 3.8) is 0 Å². The number of carbonyl (C=O) groups is 2. The first-order valence-electron chi connectivity index (χ1n) is 5.39. The van der Waals surface area contributed by atoms with E-state index in [1.54, 1.807) is 19.1 Å². The molecule has 0 bridgehead atoms. The highest BCUT2D eigenvalue weighted by molar-refractivity contribution is 7.99. The summed E-state index contributed by atoms with van der Waals surface area (Å²) >= 11 is 1.35. The summed E-state index contributed by atoms with van der Waals surface area (Å²) in [4.78, 5) is 24.3. The topological polar surface area (TPSA) is 57.6 Å². The van der Waals surface area contributed by atoms with Gasteiger partial charge in [-0.3, -0.25) is 4.79 Å². The lowest BCUT2D eigenvalue weighted by molar-refractivity contribution is -0.140. The SMILES string of the molecule is Cc1cccc(C(=O)N2CSC[C@H]2C(=O)O)c1F. The Morgan fingerprint density at radius 2 is 2.22 bits per heavy atom. The summed E-state index contributed by atoms with van der Waals surface area (Å²) in [6, 6.07) is 3.67. The maximum atomic E-state index is 13.8. The van der Waals surface area contributed by atoms with Gasteiger partial charge in [0.15, 0.2) is 0 Å². The molecule has 0 spiro atoms. The number of nitrogens with zero attached hydrogens (tertiary/aromatic N) is 1. The van der Waals surface area contributed by atoms with E-state index in [9.17, 15) is 14.0 Å². The zero-order chi connectivity index (χ0) is 13.3. The number of hydrogen-bond donors (Lipinski definition) is 1. The molecule has 1 aliphatic rings. The van der Waals surface area contributed by atoms with Crippen LogP contribution in [0.15, 0.2) is 18.2 Å². The van der Waals surface area contributed by atoms with Gasteiger partial charge in [-0.05, 0) is 18.6 Å². The van der Waals surface area contributed by atoms with E-state index in [2.05, 4.69) is 0 Å². The van der Waals surface area contributed by atoms with E-state index in [1.807, 2.05) is 0 Å². The Bertz CT molecular complexity index is 506. The van der Waals surface area contributed by atoms with Crippen LogP contribution >= 0.6 is 11.8 Å². The van der Waals surface area contributed by atoms with Gasteiger partial charge in [-0.15, -0.1) is 11.8 Å². The Kier molecular flexibility index (Phi) is 3.56. The van der Waals surface area contributed by atoms with Gasteiger partial charge in [-0.2, -0.15) is 0 Å². The van der Waals surface area contributed by atoms with Crippen LogP contribution in [-0.4, -0.2) is 39.6 Å². The minimum Gasteiger partial charge on any atom is -0.480 e. The number of aliphatic carboxylic acids is 1. The van der Waals surface area contributed by atoms with Crippen LogP contribution in [0.25, 0.3) is 0 Å². The zero-order valence-electron chi connectivity index (χ0n) is 9.72. The molecular formula is C12H12FNO3S. The van der Waals surface area contributed by atoms with Crippen molar-refractivity contribution >= 4 is 23.6 Å². The van der Waals surface area contributed by atoms with Crippen LogP contribution in [0.3, 0.4) is 0 Å². The van der Waals surface area contributed by atoms with Crippen molar-refractivity contribution in [2.75, 3.05) is 11.6 Å². The summed E-state index contributed by atoms with van der Waals surface area (Å²) < 4.78 is 13.8. The first-order chi connectivity index (χ1) is 8.52. The number of aryl methyl sites for hydroxylation is 1. The smallest absolute Gasteiger partial charge is 0.327 e. The average Bonchev–Trinajstić information content (AvgIpc) is 2.81. The molecule has 2 rings (SSSR count). The molecule has 96 valence electrons. The van der Waals surface area contributed by atoms with Crippen molar-refractivity contribution in [3.05, 3.63) is 35.1 Å². The first kappa shape index (κ1) is 12.9. The number of carboxylic acid groups (broad SMARTS) is 1. The maximum absolute atomic E-state index is 13.8. The summed E-state index contributed by atoms with van der Waals surface area (Å²) in [6.07, 6.45) is 0. The van der Waals surface area contributed by atoms with Gasteiger partial charge in [0.2, 0.25) is 0 Å². The monoisotopic (exact) mass is 269 g/mol. The Balaban J connectivity index is 2.31. The number of amides is 1. The number of thioether (sulfide) groups is 1. The Morgan fingerprint density at radius 3 is 2.89 bits per heavy atom. The number of carboxylic acids is 1. The van der Waals surface area contributed by atoms with Crippen LogP contribution < -0.4 is 0 Å². The van der Waals surface area contributed by atoms with Gasteiger partial charge in [0.25, 0.3) is 5.91 Å². The summed E-state index contributed by atoms with van der Waals surface area (Å²) in [7, 11) is 0. The van der Waals surface area contributed by atoms with Crippen LogP contribution in [0.4, 0.5) is 4.39 Å². The molecule has 6 heteroatoms. The fourth-order valence-electron chi connectivity index (χ4n) is 1.81. The second-order valence-corrected chi connectivity index (χ2v) is 5.07. The molecule has 1 fully saturated rings. The second-order valence-electron chi connectivity index (χ2n) is 4.07. The molecular weight excluding hydrogens is 257 g/mol. The highest BCUT2D eigenvalue weighted by Gasteiger charge is 2.35. The predicted molar refractivity (Wildman–Crippen MR) is 66.1 cm³/mol. The molecule has 1 aromatic carbocycles. The van der Waals surface area contributed by atoms with E-state index in [4.69, 9.17) is 5.11 Å². The molecule has 1 N–H and O–H groups in total. The molecule has 1 aromatic rings. The molecule has 0 aliphatic carbocycles. The van der Waals surface area contributed by atoms with E-state index in [0.717, 1.165) is 0 Å². The third-order valence-electron chi connectivity index (χ3n) is 2.85. The summed E-state index contributed by atoms with van der Waals surface area (Å²) in [5, 5.41) is 9.00. The van der Waals surface area contributed by atoms with Crippen molar-refractivity contribution in [1.82, 2.24) is 4.90 Å². The van der Waals surface area contributed by atoms with Crippen molar-refractivity contribution in [2.24, 2.45) is 0 Å². The molecule has 1 amide bonds. The van der Waals surface area contributed by atoms with Crippen molar-refractivity contribution in [3.8, 4) is 0 Å². The van der Waals surface area contributed by atoms with Crippen molar-refractivity contribution in [1.29, 1.82) is 0 Å². The van der Waals surface area contributed by atoms with E-state index in [0.29, 0.717) is 11.3 Å². The third-order valence-corrected chi connectivity index (χ3v) is 3.86. The van der Waals surface area contributed by atoms with Crippen LogP contribution in [0, 0.1) is 12.7 Å². The van der Waals surface area contributed by atoms with Gasteiger partial charge in [-0.25, -0.2) is 9.18 Å². The molecule has 0 aromatic heterocycles. The molecule has 4 nitrogen and oxygen atoms in total. The maximum Gasteiger partial charge on any atom is 0.327 e. The van der Waals surface area contributed by atoms with E-state index in [-0.39, 0.29) is 11.4 Å². The first-order valence-corrected chi connectivity index (χ1v) is 6.54. The van der Waals surface area contributed by atoms with Crippen molar-refractivity contribution < 1.29 is 19.1 Å². The lowest BCUT2D eigenvalue weighted by Crippen LogP contribution is -2.42. The zero-order valence-corrected chi connectivity index (χ0v) is 10.5. The average molecular weight is 269 g/mol. The molecule has 0 saturated carbocycles. The van der Waals surface area contributed by atoms with Crippen LogP contribution in [0.5, 0.6) is 0 Å². The van der Waals surface area contributed by atoms with E-state index < -0.39 is 23.7 Å². The van der Waals surface area contributed by atoms with Gasteiger partial charge < -0.3 is 10.0 Å². The number of rotatable bonds is 2.